The summed E-state index contributed by atoms with van der Waals surface area (Å²) in [5.41, 5.74) is 5.77. The Morgan fingerprint density at radius 3 is 3.12 bits per heavy atom. The predicted octanol–water partition coefficient (Wildman–Crippen LogP) is 2.73. The van der Waals surface area contributed by atoms with Gasteiger partial charge in [0, 0.05) is 46.1 Å². The topological polar surface area (TPSA) is 65.4 Å². The molecule has 3 heterocycles. The highest BCUT2D eigenvalue weighted by Gasteiger charge is 2.49. The van der Waals surface area contributed by atoms with E-state index in [-0.39, 0.29) is 18.1 Å². The van der Waals surface area contributed by atoms with Gasteiger partial charge in [-0.1, -0.05) is 17.8 Å². The Balaban J connectivity index is 1.67. The molecule has 0 spiro atoms. The summed E-state index contributed by atoms with van der Waals surface area (Å²) in [5, 5.41) is 4.23. The van der Waals surface area contributed by atoms with Crippen LogP contribution in [0.5, 0.6) is 0 Å². The van der Waals surface area contributed by atoms with E-state index in [2.05, 4.69) is 10.1 Å². The van der Waals surface area contributed by atoms with Crippen molar-refractivity contribution in [3.63, 3.8) is 0 Å². The summed E-state index contributed by atoms with van der Waals surface area (Å²) >= 11 is 1.38. The molecule has 1 fully saturated rings. The molecular weight excluding hydrogens is 346 g/mol. The number of benzene rings is 1. The van der Waals surface area contributed by atoms with E-state index in [1.54, 1.807) is 0 Å². The molecule has 4 rings (SSSR count). The lowest BCUT2D eigenvalue weighted by Crippen LogP contribution is -2.48. The minimum Gasteiger partial charge on any atom is -0.379 e. The first kappa shape index (κ1) is 13.3. The first-order chi connectivity index (χ1) is 13.2. The number of aliphatic imine (C=N–C) groups is 1. The van der Waals surface area contributed by atoms with E-state index in [0.29, 0.717) is 22.9 Å². The zero-order valence-electron chi connectivity index (χ0n) is 16.2. The van der Waals surface area contributed by atoms with Gasteiger partial charge in [-0.2, -0.15) is 5.10 Å². The number of aryl methyl sites for hydroxylation is 1. The number of rotatable bonds is 2. The summed E-state index contributed by atoms with van der Waals surface area (Å²) in [4.78, 5) is 4.53. The predicted molar refractivity (Wildman–Crippen MR) is 92.1 cm³/mol. The monoisotopic (exact) mass is 367 g/mol. The van der Waals surface area contributed by atoms with E-state index in [1.807, 2.05) is 0 Å². The first-order valence-electron chi connectivity index (χ1n) is 9.29. The first-order valence-corrected chi connectivity index (χ1v) is 8.78. The molecule has 1 aromatic carbocycles. The molecule has 2 aromatic rings. The van der Waals surface area contributed by atoms with Gasteiger partial charge in [-0.25, -0.2) is 13.8 Å². The third-order valence-corrected chi connectivity index (χ3v) is 5.75. The number of aromatic nitrogens is 2. The second kappa shape index (κ2) is 6.10. The number of nitrogens with two attached hydrogens (primary N) is 1. The third-order valence-electron chi connectivity index (χ3n) is 4.79. The number of hydrogen-bond acceptors (Lipinski definition) is 5. The summed E-state index contributed by atoms with van der Waals surface area (Å²) in [6.45, 7) is -2.32. The van der Waals surface area contributed by atoms with Crippen molar-refractivity contribution in [3.8, 4) is 0 Å². The molecular formula is C17H18F2N4OS. The number of amidine groups is 1. The third kappa shape index (κ3) is 2.83. The van der Waals surface area contributed by atoms with Crippen LogP contribution in [0.25, 0.3) is 0 Å². The average molecular weight is 367 g/mol. The Kier molecular flexibility index (Phi) is 3.25. The highest BCUT2D eigenvalue weighted by Crippen LogP contribution is 2.49. The van der Waals surface area contributed by atoms with Gasteiger partial charge in [0.2, 0.25) is 0 Å². The lowest BCUT2D eigenvalue weighted by Gasteiger charge is -2.46. The number of hydrogen-bond donors (Lipinski definition) is 1. The van der Waals surface area contributed by atoms with Crippen LogP contribution in [-0.4, -0.2) is 27.3 Å². The molecule has 8 heteroatoms. The van der Waals surface area contributed by atoms with Crippen LogP contribution < -0.4 is 5.73 Å². The Labute approximate surface area is 152 Å². The second-order valence-electron chi connectivity index (χ2n) is 6.26. The summed E-state index contributed by atoms with van der Waals surface area (Å²) < 4.78 is 57.2. The lowest BCUT2D eigenvalue weighted by molar-refractivity contribution is -0.0588. The van der Waals surface area contributed by atoms with Crippen LogP contribution in [0.15, 0.2) is 35.6 Å². The van der Waals surface area contributed by atoms with E-state index in [1.165, 1.54) is 36.3 Å². The zero-order valence-corrected chi connectivity index (χ0v) is 14.0. The Bertz CT molecular complexity index is 935. The molecule has 0 unspecified atom stereocenters. The summed E-state index contributed by atoms with van der Waals surface area (Å²) in [6, 6.07) is 3.42. The molecule has 1 aromatic heterocycles. The minimum absolute atomic E-state index is 0.0467. The van der Waals surface area contributed by atoms with E-state index in [9.17, 15) is 8.78 Å². The molecule has 0 saturated carbocycles. The average Bonchev–Trinajstić information content (AvgIpc) is 3.11. The molecule has 0 radical (unpaired) electrons. The molecule has 0 bridgehead atoms. The van der Waals surface area contributed by atoms with Gasteiger partial charge >= 0.3 is 0 Å². The van der Waals surface area contributed by atoms with Crippen molar-refractivity contribution < 1.29 is 17.6 Å². The fraction of sp³-hybridized carbons (Fsp3) is 0.412. The number of nitrogens with zero attached hydrogens (tertiary/aromatic N) is 3. The Hall–Kier alpha value is -1.93. The minimum atomic E-state index is -2.37. The molecule has 2 N–H and O–H groups in total. The van der Waals surface area contributed by atoms with Crippen LogP contribution in [-0.2, 0) is 17.3 Å². The van der Waals surface area contributed by atoms with Gasteiger partial charge in [0.1, 0.15) is 17.2 Å². The van der Waals surface area contributed by atoms with Crippen LogP contribution in [0.1, 0.15) is 27.8 Å². The number of thioether (sulfide) groups is 1. The lowest BCUT2D eigenvalue weighted by atomic mass is 9.74. The maximum absolute atomic E-state index is 14.6. The van der Waals surface area contributed by atoms with Crippen molar-refractivity contribution in [2.24, 2.45) is 23.6 Å². The molecule has 1 saturated heterocycles. The van der Waals surface area contributed by atoms with Gasteiger partial charge in [-0.15, -0.1) is 0 Å². The van der Waals surface area contributed by atoms with Crippen molar-refractivity contribution in [2.75, 3.05) is 12.4 Å². The highest BCUT2D eigenvalue weighted by atomic mass is 32.2. The van der Waals surface area contributed by atoms with Crippen molar-refractivity contribution >= 4 is 16.9 Å². The Morgan fingerprint density at radius 1 is 1.48 bits per heavy atom. The molecule has 25 heavy (non-hydrogen) atoms. The highest BCUT2D eigenvalue weighted by molar-refractivity contribution is 8.13. The van der Waals surface area contributed by atoms with Crippen LogP contribution in [0.4, 0.5) is 8.78 Å². The summed E-state index contributed by atoms with van der Waals surface area (Å²) in [6.07, 6.45) is 2.99. The smallest absolute Gasteiger partial charge is 0.154 e. The molecule has 5 nitrogen and oxygen atoms in total. The normalized spacial score (nSPS) is 31.4. The maximum Gasteiger partial charge on any atom is 0.154 e. The van der Waals surface area contributed by atoms with E-state index >= 15 is 0 Å². The van der Waals surface area contributed by atoms with Crippen LogP contribution in [0, 0.1) is 17.6 Å². The van der Waals surface area contributed by atoms with Crippen molar-refractivity contribution in [3.05, 3.63) is 53.4 Å². The van der Waals surface area contributed by atoms with Gasteiger partial charge < -0.3 is 10.5 Å². The number of halogens is 2. The molecule has 0 amide bonds. The van der Waals surface area contributed by atoms with Crippen molar-refractivity contribution in [1.29, 1.82) is 0 Å². The zero-order chi connectivity index (χ0) is 20.1. The van der Waals surface area contributed by atoms with E-state index in [4.69, 9.17) is 14.6 Å². The van der Waals surface area contributed by atoms with E-state index < -0.39 is 30.3 Å². The van der Waals surface area contributed by atoms with Gasteiger partial charge in [-0.3, -0.25) is 4.68 Å². The van der Waals surface area contributed by atoms with Crippen molar-refractivity contribution in [1.82, 2.24) is 9.78 Å². The quantitative estimate of drug-likeness (QED) is 0.886. The van der Waals surface area contributed by atoms with Gasteiger partial charge in [-0.05, 0) is 12.5 Å². The standard InChI is InChI=1S/C17H18F2N4OS/c1-23-7-10(6-21-23)15-4-11-8-25-16(20)22-17(11,9-24-15)13-3-2-12(18)5-14(13)19/h2-3,5-7,11,15H,4,8-9H2,1H3,(H2,20,22)/t11-,15+,17-/m0/s1/i1D3. The van der Waals surface area contributed by atoms with Crippen LogP contribution >= 0.6 is 11.8 Å². The molecule has 2 aliphatic rings. The second-order valence-corrected chi connectivity index (χ2v) is 7.30. The summed E-state index contributed by atoms with van der Waals surface area (Å²) in [7, 11) is 0. The molecule has 2 aliphatic heterocycles. The fourth-order valence-corrected chi connectivity index (χ4v) is 4.56. The van der Waals surface area contributed by atoms with Crippen LogP contribution in [0.3, 0.4) is 0 Å². The van der Waals surface area contributed by atoms with Gasteiger partial charge in [0.15, 0.2) is 5.17 Å². The van der Waals surface area contributed by atoms with Crippen molar-refractivity contribution in [2.45, 2.75) is 18.1 Å². The SMILES string of the molecule is [2H]C([2H])([2H])n1cc([C@H]2C[C@H]3CSC(N)=N[C@@]3(c3ccc(F)cc3F)CO2)cn1. The molecule has 0 aliphatic carbocycles. The fourth-order valence-electron chi connectivity index (χ4n) is 3.55. The summed E-state index contributed by atoms with van der Waals surface area (Å²) in [5.74, 6) is -0.882. The van der Waals surface area contributed by atoms with Gasteiger partial charge in [0.25, 0.3) is 0 Å². The largest absolute Gasteiger partial charge is 0.379 e. The van der Waals surface area contributed by atoms with Gasteiger partial charge in [0.05, 0.1) is 18.9 Å². The van der Waals surface area contributed by atoms with E-state index in [0.717, 1.165) is 10.7 Å². The molecule has 132 valence electrons. The Morgan fingerprint density at radius 2 is 2.36 bits per heavy atom. The molecule has 3 atom stereocenters. The maximum atomic E-state index is 14.6. The number of ether oxygens (including phenoxy) is 1. The van der Waals surface area contributed by atoms with Crippen LogP contribution in [0.2, 0.25) is 0 Å². The number of fused-ring (bicyclic) bond motifs is 1.